The normalized spacial score (nSPS) is 11.0. The van der Waals surface area contributed by atoms with Crippen molar-refractivity contribution in [2.45, 2.75) is 19.3 Å². The van der Waals surface area contributed by atoms with E-state index in [1.54, 1.807) is 0 Å². The largest absolute Gasteiger partial charge is 0.548 e. The van der Waals surface area contributed by atoms with E-state index in [1.807, 2.05) is 42.5 Å². The van der Waals surface area contributed by atoms with Crippen LogP contribution in [0.15, 0.2) is 54.6 Å². The van der Waals surface area contributed by atoms with Gasteiger partial charge >= 0.3 is 0 Å². The zero-order valence-corrected chi connectivity index (χ0v) is 15.6. The predicted octanol–water partition coefficient (Wildman–Crippen LogP) is 1.27. The van der Waals surface area contributed by atoms with E-state index in [1.165, 1.54) is 11.1 Å². The van der Waals surface area contributed by atoms with Crippen LogP contribution in [0.3, 0.4) is 0 Å². The second-order valence-corrected chi connectivity index (χ2v) is 6.58. The lowest BCUT2D eigenvalue weighted by Gasteiger charge is -2.26. The minimum absolute atomic E-state index is 0.112. The molecule has 6 nitrogen and oxygen atoms in total. The zero-order chi connectivity index (χ0) is 19.7. The van der Waals surface area contributed by atoms with Crippen LogP contribution in [0.1, 0.15) is 25.0 Å². The Kier molecular flexibility index (Phi) is 7.37. The molecule has 0 aromatic heterocycles. The second-order valence-electron chi connectivity index (χ2n) is 6.58. The van der Waals surface area contributed by atoms with Gasteiger partial charge in [-0.05, 0) is 23.3 Å². The number of carboxylic acid groups (broad SMARTS) is 1. The van der Waals surface area contributed by atoms with Crippen LogP contribution < -0.4 is 15.2 Å². The van der Waals surface area contributed by atoms with Crippen molar-refractivity contribution < 1.29 is 24.2 Å². The molecule has 2 aromatic carbocycles. The molecule has 0 aliphatic carbocycles. The third-order valence-corrected chi connectivity index (χ3v) is 4.22. The molecule has 0 heterocycles. The SMILES string of the molecule is CC(C)(c1ccccc1)c1ccc(OCCNC(=O)COCC(=O)[O-])cc1. The van der Waals surface area contributed by atoms with E-state index < -0.39 is 18.5 Å². The molecular weight excluding hydrogens is 346 g/mol. The summed E-state index contributed by atoms with van der Waals surface area (Å²) in [5.41, 5.74) is 2.31. The highest BCUT2D eigenvalue weighted by atomic mass is 16.5. The molecule has 0 spiro atoms. The highest BCUT2D eigenvalue weighted by Crippen LogP contribution is 2.32. The molecule has 0 saturated heterocycles. The fraction of sp³-hybridized carbons (Fsp3) is 0.333. The molecule has 0 bridgehead atoms. The number of hydrogen-bond donors (Lipinski definition) is 1. The quantitative estimate of drug-likeness (QED) is 0.637. The number of carbonyl (C=O) groups is 2. The number of amides is 1. The Bertz CT molecular complexity index is 741. The Balaban J connectivity index is 1.77. The van der Waals surface area contributed by atoms with Gasteiger partial charge in [0, 0.05) is 5.41 Å². The van der Waals surface area contributed by atoms with Gasteiger partial charge in [-0.15, -0.1) is 0 Å². The number of aliphatic carboxylic acids is 1. The third-order valence-electron chi connectivity index (χ3n) is 4.22. The van der Waals surface area contributed by atoms with Crippen LogP contribution in [0.5, 0.6) is 5.75 Å². The van der Waals surface area contributed by atoms with Gasteiger partial charge in [0.25, 0.3) is 0 Å². The summed E-state index contributed by atoms with van der Waals surface area (Å²) in [6.45, 7) is 4.03. The van der Waals surface area contributed by atoms with Crippen molar-refractivity contribution in [3.8, 4) is 5.75 Å². The maximum atomic E-state index is 11.4. The minimum atomic E-state index is -1.36. The minimum Gasteiger partial charge on any atom is -0.548 e. The van der Waals surface area contributed by atoms with Gasteiger partial charge < -0.3 is 24.7 Å². The Morgan fingerprint density at radius 1 is 0.963 bits per heavy atom. The van der Waals surface area contributed by atoms with Crippen LogP contribution >= 0.6 is 0 Å². The fourth-order valence-corrected chi connectivity index (χ4v) is 2.63. The monoisotopic (exact) mass is 370 g/mol. The van der Waals surface area contributed by atoms with Crippen LogP contribution in [0.25, 0.3) is 0 Å². The summed E-state index contributed by atoms with van der Waals surface area (Å²) < 4.78 is 10.3. The van der Waals surface area contributed by atoms with Crippen molar-refractivity contribution in [3.05, 3.63) is 65.7 Å². The summed E-state index contributed by atoms with van der Waals surface area (Å²) in [4.78, 5) is 21.6. The topological polar surface area (TPSA) is 87.7 Å². The van der Waals surface area contributed by atoms with E-state index in [4.69, 9.17) is 4.74 Å². The molecule has 6 heteroatoms. The van der Waals surface area contributed by atoms with Gasteiger partial charge in [-0.25, -0.2) is 0 Å². The molecule has 2 aromatic rings. The second kappa shape index (κ2) is 9.73. The first-order valence-corrected chi connectivity index (χ1v) is 8.73. The molecule has 0 aliphatic heterocycles. The van der Waals surface area contributed by atoms with Gasteiger partial charge in [-0.2, -0.15) is 0 Å². The number of benzene rings is 2. The van der Waals surface area contributed by atoms with Gasteiger partial charge in [0.15, 0.2) is 0 Å². The van der Waals surface area contributed by atoms with E-state index in [2.05, 4.69) is 36.0 Å². The number of carbonyl (C=O) groups excluding carboxylic acids is 2. The van der Waals surface area contributed by atoms with Crippen LogP contribution in [0.2, 0.25) is 0 Å². The van der Waals surface area contributed by atoms with Gasteiger partial charge in [0.2, 0.25) is 5.91 Å². The zero-order valence-electron chi connectivity index (χ0n) is 15.6. The maximum Gasteiger partial charge on any atom is 0.246 e. The standard InChI is InChI=1S/C21H25NO5/c1-21(2,16-6-4-3-5-7-16)17-8-10-18(11-9-17)27-13-12-22-19(23)14-26-15-20(24)25/h3-11H,12-15H2,1-2H3,(H,22,23)(H,24,25)/p-1. The molecule has 0 unspecified atom stereocenters. The van der Waals surface area contributed by atoms with Crippen LogP contribution in [0.4, 0.5) is 0 Å². The van der Waals surface area contributed by atoms with Crippen molar-refractivity contribution >= 4 is 11.9 Å². The first-order valence-electron chi connectivity index (χ1n) is 8.73. The highest BCUT2D eigenvalue weighted by Gasteiger charge is 2.22. The molecule has 0 atom stereocenters. The molecule has 144 valence electrons. The summed E-state index contributed by atoms with van der Waals surface area (Å²) >= 11 is 0. The summed E-state index contributed by atoms with van der Waals surface area (Å²) in [6.07, 6.45) is 0. The molecule has 0 radical (unpaired) electrons. The molecule has 27 heavy (non-hydrogen) atoms. The number of ether oxygens (including phenoxy) is 2. The van der Waals surface area contributed by atoms with Crippen molar-refractivity contribution in [2.24, 2.45) is 0 Å². The van der Waals surface area contributed by atoms with E-state index in [-0.39, 0.29) is 12.0 Å². The number of rotatable bonds is 10. The van der Waals surface area contributed by atoms with Crippen LogP contribution in [0, 0.1) is 0 Å². The van der Waals surface area contributed by atoms with Crippen molar-refractivity contribution in [1.82, 2.24) is 5.32 Å². The van der Waals surface area contributed by atoms with Gasteiger partial charge in [0.05, 0.1) is 19.1 Å². The van der Waals surface area contributed by atoms with E-state index in [0.717, 1.165) is 0 Å². The van der Waals surface area contributed by atoms with Gasteiger partial charge in [-0.3, -0.25) is 4.79 Å². The molecule has 0 saturated carbocycles. The Morgan fingerprint density at radius 3 is 2.22 bits per heavy atom. The molecule has 0 aliphatic rings. The fourth-order valence-electron chi connectivity index (χ4n) is 2.63. The first-order chi connectivity index (χ1) is 12.9. The van der Waals surface area contributed by atoms with Crippen LogP contribution in [-0.4, -0.2) is 38.2 Å². The Labute approximate surface area is 159 Å². The first kappa shape index (κ1) is 20.5. The smallest absolute Gasteiger partial charge is 0.246 e. The van der Waals surface area contributed by atoms with Gasteiger partial charge in [0.1, 0.15) is 19.0 Å². The lowest BCUT2D eigenvalue weighted by atomic mass is 9.78. The molecule has 1 amide bonds. The molecule has 0 fully saturated rings. The number of hydrogen-bond acceptors (Lipinski definition) is 5. The molecule has 1 N–H and O–H groups in total. The summed E-state index contributed by atoms with van der Waals surface area (Å²) in [6, 6.07) is 18.2. The predicted molar refractivity (Wildman–Crippen MR) is 99.3 cm³/mol. The highest BCUT2D eigenvalue weighted by molar-refractivity contribution is 5.77. The van der Waals surface area contributed by atoms with Gasteiger partial charge in [-0.1, -0.05) is 56.3 Å². The van der Waals surface area contributed by atoms with Crippen LogP contribution in [-0.2, 0) is 19.7 Å². The van der Waals surface area contributed by atoms with Crippen molar-refractivity contribution in [1.29, 1.82) is 0 Å². The van der Waals surface area contributed by atoms with Crippen molar-refractivity contribution in [2.75, 3.05) is 26.4 Å². The number of nitrogens with one attached hydrogen (secondary N) is 1. The van der Waals surface area contributed by atoms with E-state index in [0.29, 0.717) is 18.9 Å². The van der Waals surface area contributed by atoms with E-state index >= 15 is 0 Å². The summed E-state index contributed by atoms with van der Waals surface area (Å²) in [7, 11) is 0. The Morgan fingerprint density at radius 2 is 1.59 bits per heavy atom. The molecular formula is C21H24NO5-. The molecule has 2 rings (SSSR count). The summed E-state index contributed by atoms with van der Waals surface area (Å²) in [5.74, 6) is -1.05. The van der Waals surface area contributed by atoms with E-state index in [9.17, 15) is 14.7 Å². The lowest BCUT2D eigenvalue weighted by Crippen LogP contribution is -2.34. The average molecular weight is 370 g/mol. The Hall–Kier alpha value is -2.86. The van der Waals surface area contributed by atoms with Crippen molar-refractivity contribution in [3.63, 3.8) is 0 Å². The average Bonchev–Trinajstić information content (AvgIpc) is 2.66. The maximum absolute atomic E-state index is 11.4. The third kappa shape index (κ3) is 6.42. The summed E-state index contributed by atoms with van der Waals surface area (Å²) in [5, 5.41) is 12.8. The lowest BCUT2D eigenvalue weighted by molar-refractivity contribution is -0.309. The number of carboxylic acids is 1.